The third-order valence-corrected chi connectivity index (χ3v) is 4.87. The van der Waals surface area contributed by atoms with Gasteiger partial charge < -0.3 is 0 Å². The van der Waals surface area contributed by atoms with Gasteiger partial charge in [-0.25, -0.2) is 9.40 Å². The molecule has 1 aliphatic rings. The minimum absolute atomic E-state index is 0.387. The Labute approximate surface area is 179 Å². The first-order chi connectivity index (χ1) is 14.4. The van der Waals surface area contributed by atoms with Gasteiger partial charge in [0.1, 0.15) is 0 Å². The maximum Gasteiger partial charge on any atom is 0.435 e. The average molecular weight is 432 g/mol. The van der Waals surface area contributed by atoms with Gasteiger partial charge in [-0.15, -0.1) is 6.42 Å². The summed E-state index contributed by atoms with van der Waals surface area (Å²) in [5, 5.41) is 3.84. The molecular formula is C23H24F3N3S. The normalized spacial score (nSPS) is 13.5. The molecule has 1 heterocycles. The summed E-state index contributed by atoms with van der Waals surface area (Å²) in [4.78, 5) is 1.00. The van der Waals surface area contributed by atoms with Gasteiger partial charge in [-0.3, -0.25) is 0 Å². The van der Waals surface area contributed by atoms with E-state index in [1.807, 2.05) is 45.1 Å². The van der Waals surface area contributed by atoms with Crippen LogP contribution in [0, 0.1) is 19.3 Å². The van der Waals surface area contributed by atoms with Crippen LogP contribution in [-0.2, 0) is 6.18 Å². The molecule has 0 saturated heterocycles. The van der Waals surface area contributed by atoms with Crippen molar-refractivity contribution in [1.82, 2.24) is 14.5 Å². The van der Waals surface area contributed by atoms with Gasteiger partial charge in [0, 0.05) is 10.5 Å². The number of benzene rings is 1. The van der Waals surface area contributed by atoms with E-state index >= 15 is 0 Å². The Morgan fingerprint density at radius 2 is 1.90 bits per heavy atom. The zero-order valence-electron chi connectivity index (χ0n) is 17.1. The van der Waals surface area contributed by atoms with Crippen molar-refractivity contribution in [2.45, 2.75) is 33.4 Å². The molecule has 0 radical (unpaired) electrons. The Balaban J connectivity index is 0.00000155. The van der Waals surface area contributed by atoms with Crippen molar-refractivity contribution >= 4 is 17.6 Å². The molecular weight excluding hydrogens is 407 g/mol. The summed E-state index contributed by atoms with van der Waals surface area (Å²) in [5.74, 6) is 2.49. The van der Waals surface area contributed by atoms with Crippen molar-refractivity contribution in [3.63, 3.8) is 0 Å². The van der Waals surface area contributed by atoms with Crippen molar-refractivity contribution in [1.29, 1.82) is 0 Å². The molecule has 3 rings (SSSR count). The molecule has 0 bridgehead atoms. The number of alkyl halides is 3. The number of allylic oxidation sites excluding steroid dienone is 6. The van der Waals surface area contributed by atoms with Crippen molar-refractivity contribution in [3.8, 4) is 23.6 Å². The number of halogens is 3. The lowest BCUT2D eigenvalue weighted by Crippen LogP contribution is -2.07. The quantitative estimate of drug-likeness (QED) is 0.335. The van der Waals surface area contributed by atoms with Crippen LogP contribution >= 0.6 is 11.9 Å². The maximum atomic E-state index is 13.3. The van der Waals surface area contributed by atoms with Gasteiger partial charge in [0.05, 0.1) is 17.9 Å². The summed E-state index contributed by atoms with van der Waals surface area (Å²) >= 11 is 1.41. The van der Waals surface area contributed by atoms with Crippen LogP contribution in [0.15, 0.2) is 59.5 Å². The molecule has 1 aliphatic carbocycles. The molecule has 3 nitrogen and oxygen atoms in total. The predicted molar refractivity (Wildman–Crippen MR) is 119 cm³/mol. The third-order valence-electron chi connectivity index (χ3n) is 4.02. The molecule has 158 valence electrons. The summed E-state index contributed by atoms with van der Waals surface area (Å²) in [6, 6.07) is 8.40. The molecule has 0 fully saturated rings. The molecule has 0 spiro atoms. The van der Waals surface area contributed by atoms with Gasteiger partial charge in [0.25, 0.3) is 0 Å². The van der Waals surface area contributed by atoms with E-state index < -0.39 is 11.9 Å². The van der Waals surface area contributed by atoms with Crippen LogP contribution in [0.1, 0.15) is 31.5 Å². The molecule has 7 heteroatoms. The van der Waals surface area contributed by atoms with Crippen LogP contribution in [0.4, 0.5) is 13.2 Å². The number of terminal acetylenes is 1. The number of hydrogen-bond donors (Lipinski definition) is 1. The summed E-state index contributed by atoms with van der Waals surface area (Å²) in [6.45, 7) is 6.35. The highest BCUT2D eigenvalue weighted by Crippen LogP contribution is 2.34. The van der Waals surface area contributed by atoms with Crippen LogP contribution in [0.5, 0.6) is 0 Å². The maximum absolute atomic E-state index is 13.3. The molecule has 1 aromatic heterocycles. The number of hydrogen-bond acceptors (Lipinski definition) is 3. The van der Waals surface area contributed by atoms with E-state index in [0.29, 0.717) is 29.9 Å². The summed E-state index contributed by atoms with van der Waals surface area (Å²) in [5.41, 5.74) is 1.72. The van der Waals surface area contributed by atoms with Crippen LogP contribution in [0.3, 0.4) is 0 Å². The lowest BCUT2D eigenvalue weighted by Gasteiger charge is -2.08. The first kappa shape index (κ1) is 23.6. The standard InChI is InChI=1S/C21H18F3N3S.C2H6/c1-3-13-25-28-18-6-4-5-17(11-12-18)27-19(14-20(26-27)21(22,23)24)16-9-7-15(2)8-10-16;1-2/h1,4-5,7-12,14,25H,6,13H2,2H3;1-2H3. The Bertz CT molecular complexity index is 975. The molecule has 0 aliphatic heterocycles. The predicted octanol–water partition coefficient (Wildman–Crippen LogP) is 6.46. The first-order valence-corrected chi connectivity index (χ1v) is 10.4. The Hall–Kier alpha value is -2.69. The van der Waals surface area contributed by atoms with Gasteiger partial charge in [-0.1, -0.05) is 55.7 Å². The van der Waals surface area contributed by atoms with E-state index in [1.165, 1.54) is 16.6 Å². The number of aromatic nitrogens is 2. The highest BCUT2D eigenvalue weighted by atomic mass is 32.2. The van der Waals surface area contributed by atoms with Gasteiger partial charge in [0.15, 0.2) is 5.69 Å². The SMILES string of the molecule is C#CCNSC1=CC=C(n2nc(C(F)(F)F)cc2-c2ccc(C)cc2)C=CC1.CC. The Morgan fingerprint density at radius 1 is 1.20 bits per heavy atom. The topological polar surface area (TPSA) is 29.9 Å². The van der Waals surface area contributed by atoms with E-state index in [-0.39, 0.29) is 0 Å². The molecule has 30 heavy (non-hydrogen) atoms. The van der Waals surface area contributed by atoms with E-state index in [9.17, 15) is 13.2 Å². The van der Waals surface area contributed by atoms with Crippen molar-refractivity contribution in [3.05, 3.63) is 70.8 Å². The first-order valence-electron chi connectivity index (χ1n) is 9.54. The second-order valence-electron chi connectivity index (χ2n) is 6.15. The lowest BCUT2D eigenvalue weighted by atomic mass is 10.1. The third kappa shape index (κ3) is 6.15. The second-order valence-corrected chi connectivity index (χ2v) is 7.17. The zero-order chi connectivity index (χ0) is 22.1. The molecule has 0 amide bonds. The molecule has 0 saturated carbocycles. The molecule has 1 N–H and O–H groups in total. The number of nitrogens with zero attached hydrogens (tertiary/aromatic N) is 2. The van der Waals surface area contributed by atoms with Crippen molar-refractivity contribution in [2.24, 2.45) is 0 Å². The van der Waals surface area contributed by atoms with E-state index in [2.05, 4.69) is 15.7 Å². The molecule has 2 aromatic rings. The van der Waals surface area contributed by atoms with Crippen LogP contribution < -0.4 is 4.72 Å². The molecule has 0 atom stereocenters. The van der Waals surface area contributed by atoms with Gasteiger partial charge in [0.2, 0.25) is 0 Å². The Kier molecular flexibility index (Phi) is 8.58. The molecule has 1 aromatic carbocycles. The fourth-order valence-electron chi connectivity index (χ4n) is 2.63. The lowest BCUT2D eigenvalue weighted by molar-refractivity contribution is -0.141. The number of nitrogens with one attached hydrogen (secondary N) is 1. The van der Waals surface area contributed by atoms with Crippen LogP contribution in [0.25, 0.3) is 17.0 Å². The smallest absolute Gasteiger partial charge is 0.248 e. The molecule has 0 unspecified atom stereocenters. The fraction of sp³-hybridized carbons (Fsp3) is 0.261. The fourth-order valence-corrected chi connectivity index (χ4v) is 3.29. The average Bonchev–Trinajstić information content (AvgIpc) is 3.05. The van der Waals surface area contributed by atoms with Crippen LogP contribution in [0.2, 0.25) is 0 Å². The van der Waals surface area contributed by atoms with Gasteiger partial charge in [-0.2, -0.15) is 18.3 Å². The second kappa shape index (κ2) is 10.9. The van der Waals surface area contributed by atoms with E-state index in [0.717, 1.165) is 16.5 Å². The summed E-state index contributed by atoms with van der Waals surface area (Å²) in [6.07, 6.45) is 8.63. The summed E-state index contributed by atoms with van der Waals surface area (Å²) in [7, 11) is 0. The van der Waals surface area contributed by atoms with E-state index in [4.69, 9.17) is 6.42 Å². The number of aryl methyl sites for hydroxylation is 1. The van der Waals surface area contributed by atoms with E-state index in [1.54, 1.807) is 24.3 Å². The summed E-state index contributed by atoms with van der Waals surface area (Å²) < 4.78 is 44.2. The Morgan fingerprint density at radius 3 is 2.53 bits per heavy atom. The highest BCUT2D eigenvalue weighted by Gasteiger charge is 2.35. The zero-order valence-corrected chi connectivity index (χ0v) is 17.9. The van der Waals surface area contributed by atoms with Gasteiger partial charge in [-0.05, 0) is 49.6 Å². The largest absolute Gasteiger partial charge is 0.435 e. The minimum Gasteiger partial charge on any atom is -0.248 e. The minimum atomic E-state index is -4.52. The van der Waals surface area contributed by atoms with Gasteiger partial charge >= 0.3 is 6.18 Å². The number of rotatable bonds is 5. The monoisotopic (exact) mass is 431 g/mol. The van der Waals surface area contributed by atoms with Crippen LogP contribution in [-0.4, -0.2) is 16.3 Å². The van der Waals surface area contributed by atoms with Crippen molar-refractivity contribution in [2.75, 3.05) is 6.54 Å². The van der Waals surface area contributed by atoms with Crippen molar-refractivity contribution < 1.29 is 13.2 Å². The highest BCUT2D eigenvalue weighted by molar-refractivity contribution is 8.01.